The average molecular weight is 345 g/mol. The Hall–Kier alpha value is -2.57. The van der Waals surface area contributed by atoms with Crippen LogP contribution in [0.1, 0.15) is 32.3 Å². The number of benzene rings is 1. The summed E-state index contributed by atoms with van der Waals surface area (Å²) in [5.41, 5.74) is -0.549. The van der Waals surface area contributed by atoms with Crippen molar-refractivity contribution in [3.8, 4) is 5.75 Å². The summed E-state index contributed by atoms with van der Waals surface area (Å²) in [5.74, 6) is 0.421. The van der Waals surface area contributed by atoms with Gasteiger partial charge in [0.25, 0.3) is 5.91 Å². The zero-order chi connectivity index (χ0) is 18.2. The van der Waals surface area contributed by atoms with Gasteiger partial charge in [0.2, 0.25) is 5.91 Å². The van der Waals surface area contributed by atoms with Gasteiger partial charge >= 0.3 is 6.03 Å². The molecule has 4 amide bonds. The molecule has 2 fully saturated rings. The summed E-state index contributed by atoms with van der Waals surface area (Å²) in [6.07, 6.45) is 2.22. The summed E-state index contributed by atoms with van der Waals surface area (Å²) in [5, 5.41) is 5.56. The highest BCUT2D eigenvalue weighted by Crippen LogP contribution is 2.32. The summed E-state index contributed by atoms with van der Waals surface area (Å²) < 4.78 is 5.11. The zero-order valence-corrected chi connectivity index (χ0v) is 14.7. The maximum atomic E-state index is 12.8. The van der Waals surface area contributed by atoms with E-state index in [0.29, 0.717) is 17.2 Å². The number of amides is 4. The first-order valence-electron chi connectivity index (χ1n) is 8.43. The molecular formula is C18H23N3O4. The molecule has 0 radical (unpaired) electrons. The van der Waals surface area contributed by atoms with Crippen LogP contribution in [-0.4, -0.2) is 42.4 Å². The van der Waals surface area contributed by atoms with E-state index in [1.54, 1.807) is 38.3 Å². The Bertz CT molecular complexity index is 699. The van der Waals surface area contributed by atoms with E-state index < -0.39 is 17.5 Å². The number of imide groups is 1. The van der Waals surface area contributed by atoms with Crippen molar-refractivity contribution >= 4 is 17.8 Å². The molecule has 25 heavy (non-hydrogen) atoms. The molecule has 0 spiro atoms. The first-order chi connectivity index (χ1) is 11.8. The van der Waals surface area contributed by atoms with E-state index in [9.17, 15) is 14.4 Å². The third kappa shape index (κ3) is 3.31. The van der Waals surface area contributed by atoms with Gasteiger partial charge in [-0.3, -0.25) is 14.5 Å². The number of hydrogen-bond donors (Lipinski definition) is 2. The molecule has 7 heteroatoms. The van der Waals surface area contributed by atoms with E-state index in [2.05, 4.69) is 10.6 Å². The normalized spacial score (nSPS) is 24.0. The van der Waals surface area contributed by atoms with E-state index >= 15 is 0 Å². The van der Waals surface area contributed by atoms with Crippen molar-refractivity contribution in [2.75, 3.05) is 13.7 Å². The summed E-state index contributed by atoms with van der Waals surface area (Å²) >= 11 is 0. The highest BCUT2D eigenvalue weighted by Gasteiger charge is 2.49. The van der Waals surface area contributed by atoms with Gasteiger partial charge in [-0.15, -0.1) is 0 Å². The highest BCUT2D eigenvalue weighted by molar-refractivity contribution is 6.09. The van der Waals surface area contributed by atoms with Crippen LogP contribution in [0.15, 0.2) is 24.3 Å². The molecule has 1 saturated carbocycles. The summed E-state index contributed by atoms with van der Waals surface area (Å²) in [6, 6.07) is 6.43. The fraction of sp³-hybridized carbons (Fsp3) is 0.500. The van der Waals surface area contributed by atoms with Crippen LogP contribution in [0.4, 0.5) is 4.79 Å². The van der Waals surface area contributed by atoms with Gasteiger partial charge in [-0.2, -0.15) is 0 Å². The number of urea groups is 1. The Morgan fingerprint density at radius 1 is 1.36 bits per heavy atom. The van der Waals surface area contributed by atoms with Gasteiger partial charge < -0.3 is 15.4 Å². The van der Waals surface area contributed by atoms with Crippen molar-refractivity contribution in [3.63, 3.8) is 0 Å². The molecule has 134 valence electrons. The number of rotatable bonds is 6. The number of methoxy groups -OCH3 is 1. The van der Waals surface area contributed by atoms with Gasteiger partial charge in [0.15, 0.2) is 0 Å². The van der Waals surface area contributed by atoms with Crippen molar-refractivity contribution in [2.45, 2.75) is 38.3 Å². The van der Waals surface area contributed by atoms with E-state index in [1.165, 1.54) is 0 Å². The minimum absolute atomic E-state index is 0.0706. The van der Waals surface area contributed by atoms with Crippen molar-refractivity contribution in [2.24, 2.45) is 5.92 Å². The lowest BCUT2D eigenvalue weighted by Gasteiger charge is -2.22. The van der Waals surface area contributed by atoms with Crippen molar-refractivity contribution < 1.29 is 19.1 Å². The topological polar surface area (TPSA) is 87.7 Å². The van der Waals surface area contributed by atoms with Gasteiger partial charge in [0, 0.05) is 6.04 Å². The molecule has 2 atom stereocenters. The predicted octanol–water partition coefficient (Wildman–Crippen LogP) is 1.38. The number of ether oxygens (including phenoxy) is 1. The highest BCUT2D eigenvalue weighted by atomic mass is 16.5. The molecular weight excluding hydrogens is 322 g/mol. The molecule has 1 heterocycles. The molecule has 1 aromatic carbocycles. The number of carbonyl (C=O) groups excluding carboxylic acids is 3. The summed E-state index contributed by atoms with van der Waals surface area (Å²) in [4.78, 5) is 38.2. The van der Waals surface area contributed by atoms with Gasteiger partial charge in [0.1, 0.15) is 17.8 Å². The molecule has 2 N–H and O–H groups in total. The van der Waals surface area contributed by atoms with E-state index in [4.69, 9.17) is 4.74 Å². The fourth-order valence-electron chi connectivity index (χ4n) is 3.12. The first kappa shape index (κ1) is 17.3. The van der Waals surface area contributed by atoms with Gasteiger partial charge in [0.05, 0.1) is 7.11 Å². The molecule has 7 nitrogen and oxygen atoms in total. The van der Waals surface area contributed by atoms with Gasteiger partial charge in [-0.1, -0.05) is 12.1 Å². The lowest BCUT2D eigenvalue weighted by atomic mass is 9.92. The van der Waals surface area contributed by atoms with E-state index in [1.807, 2.05) is 6.92 Å². The summed E-state index contributed by atoms with van der Waals surface area (Å²) in [6.45, 7) is 3.32. The lowest BCUT2D eigenvalue weighted by molar-refractivity contribution is -0.135. The maximum Gasteiger partial charge on any atom is 0.325 e. The SMILES string of the molecule is COc1ccc([C@]2(C)NC(=O)N(CC(=O)N[C@@H](C)C3CC3)C2=O)cc1. The monoisotopic (exact) mass is 345 g/mol. The average Bonchev–Trinajstić information content (AvgIpc) is 3.41. The van der Waals surface area contributed by atoms with E-state index in [0.717, 1.165) is 17.7 Å². The Morgan fingerprint density at radius 3 is 2.56 bits per heavy atom. The van der Waals surface area contributed by atoms with Crippen LogP contribution in [0.5, 0.6) is 5.75 Å². The van der Waals surface area contributed by atoms with Crippen molar-refractivity contribution in [1.82, 2.24) is 15.5 Å². The third-order valence-electron chi connectivity index (χ3n) is 4.96. The molecule has 0 bridgehead atoms. The number of hydrogen-bond acceptors (Lipinski definition) is 4. The molecule has 0 unspecified atom stereocenters. The molecule has 2 aliphatic rings. The van der Waals surface area contributed by atoms with Crippen LogP contribution in [0.2, 0.25) is 0 Å². The van der Waals surface area contributed by atoms with Crippen molar-refractivity contribution in [1.29, 1.82) is 0 Å². The van der Waals surface area contributed by atoms with Crippen LogP contribution in [0, 0.1) is 5.92 Å². The largest absolute Gasteiger partial charge is 0.497 e. The lowest BCUT2D eigenvalue weighted by Crippen LogP contribution is -2.45. The minimum Gasteiger partial charge on any atom is -0.497 e. The van der Waals surface area contributed by atoms with Crippen LogP contribution < -0.4 is 15.4 Å². The Labute approximate surface area is 146 Å². The standard InChI is InChI=1S/C18H23N3O4/c1-11(12-4-5-12)19-15(22)10-21-16(23)18(2,20-17(21)24)13-6-8-14(25-3)9-7-13/h6-9,11-12H,4-5,10H2,1-3H3,(H,19,22)(H,20,24)/t11-,18-/m0/s1. The summed E-state index contributed by atoms with van der Waals surface area (Å²) in [7, 11) is 1.56. The minimum atomic E-state index is -1.19. The first-order valence-corrected chi connectivity index (χ1v) is 8.43. The third-order valence-corrected chi connectivity index (χ3v) is 4.96. The second-order valence-corrected chi connectivity index (χ2v) is 6.87. The molecule has 1 aliphatic heterocycles. The Kier molecular flexibility index (Phi) is 4.41. The molecule has 3 rings (SSSR count). The second-order valence-electron chi connectivity index (χ2n) is 6.87. The molecule has 0 aromatic heterocycles. The Morgan fingerprint density at radius 2 is 2.00 bits per heavy atom. The molecule has 1 aliphatic carbocycles. The number of nitrogens with zero attached hydrogens (tertiary/aromatic N) is 1. The van der Waals surface area contributed by atoms with Crippen LogP contribution in [0.25, 0.3) is 0 Å². The van der Waals surface area contributed by atoms with Crippen LogP contribution in [0.3, 0.4) is 0 Å². The quantitative estimate of drug-likeness (QED) is 0.763. The van der Waals surface area contributed by atoms with Gasteiger partial charge in [-0.25, -0.2) is 4.79 Å². The smallest absolute Gasteiger partial charge is 0.325 e. The number of carbonyl (C=O) groups is 3. The van der Waals surface area contributed by atoms with E-state index in [-0.39, 0.29) is 18.5 Å². The van der Waals surface area contributed by atoms with Crippen LogP contribution in [-0.2, 0) is 15.1 Å². The molecule has 1 saturated heterocycles. The fourth-order valence-corrected chi connectivity index (χ4v) is 3.12. The van der Waals surface area contributed by atoms with Crippen LogP contribution >= 0.6 is 0 Å². The van der Waals surface area contributed by atoms with Crippen molar-refractivity contribution in [3.05, 3.63) is 29.8 Å². The zero-order valence-electron chi connectivity index (χ0n) is 14.7. The predicted molar refractivity (Wildman–Crippen MR) is 90.9 cm³/mol. The number of nitrogens with one attached hydrogen (secondary N) is 2. The Balaban J connectivity index is 1.70. The maximum absolute atomic E-state index is 12.8. The second kappa shape index (κ2) is 6.38. The van der Waals surface area contributed by atoms with Gasteiger partial charge in [-0.05, 0) is 50.3 Å². The molecule has 1 aromatic rings.